The Labute approximate surface area is 127 Å². The van der Waals surface area contributed by atoms with Crippen molar-refractivity contribution in [3.63, 3.8) is 0 Å². The molecule has 5 heteroatoms. The predicted molar refractivity (Wildman–Crippen MR) is 80.7 cm³/mol. The van der Waals surface area contributed by atoms with Gasteiger partial charge in [0.2, 0.25) is 0 Å². The quantitative estimate of drug-likeness (QED) is 0.754. The van der Waals surface area contributed by atoms with Crippen molar-refractivity contribution in [3.8, 4) is 0 Å². The zero-order valence-electron chi connectivity index (χ0n) is 12.2. The third-order valence-electron chi connectivity index (χ3n) is 3.84. The third-order valence-corrected chi connectivity index (χ3v) is 4.45. The van der Waals surface area contributed by atoms with Crippen LogP contribution in [-0.4, -0.2) is 41.5 Å². The molecule has 0 bridgehead atoms. The van der Waals surface area contributed by atoms with Gasteiger partial charge in [0, 0.05) is 43.8 Å². The highest BCUT2D eigenvalue weighted by Crippen LogP contribution is 2.24. The molecule has 2 rings (SSSR count). The van der Waals surface area contributed by atoms with Gasteiger partial charge < -0.3 is 0 Å². The van der Waals surface area contributed by atoms with Crippen LogP contribution in [0.4, 0.5) is 8.78 Å². The molecule has 2 nitrogen and oxygen atoms in total. The summed E-state index contributed by atoms with van der Waals surface area (Å²) >= 11 is 3.11. The number of benzene rings is 1. The summed E-state index contributed by atoms with van der Waals surface area (Å²) in [7, 11) is 0. The third kappa shape index (κ3) is 3.57. The highest BCUT2D eigenvalue weighted by molar-refractivity contribution is 9.10. The van der Waals surface area contributed by atoms with Crippen LogP contribution in [0.25, 0.3) is 0 Å². The van der Waals surface area contributed by atoms with Gasteiger partial charge in [-0.15, -0.1) is 0 Å². The maximum absolute atomic E-state index is 14.0. The van der Waals surface area contributed by atoms with Crippen LogP contribution < -0.4 is 0 Å². The Morgan fingerprint density at radius 2 is 1.70 bits per heavy atom. The first-order valence-electron chi connectivity index (χ1n) is 6.89. The summed E-state index contributed by atoms with van der Waals surface area (Å²) in [5, 5.41) is 0. The van der Waals surface area contributed by atoms with Gasteiger partial charge in [0.15, 0.2) is 0 Å². The van der Waals surface area contributed by atoms with E-state index in [1.807, 2.05) is 0 Å². The maximum atomic E-state index is 14.0. The molecule has 112 valence electrons. The normalized spacial score (nSPS) is 18.5. The largest absolute Gasteiger partial charge is 0.296 e. The first-order chi connectivity index (χ1) is 9.29. The average molecular weight is 347 g/mol. The lowest BCUT2D eigenvalue weighted by Gasteiger charge is -2.42. The lowest BCUT2D eigenvalue weighted by atomic mass is 10.0. The van der Waals surface area contributed by atoms with Gasteiger partial charge in [-0.25, -0.2) is 8.78 Å². The molecule has 0 atom stereocenters. The fraction of sp³-hybridized carbons (Fsp3) is 0.600. The van der Waals surface area contributed by atoms with Crippen LogP contribution in [0.3, 0.4) is 0 Å². The Hall–Kier alpha value is -0.520. The van der Waals surface area contributed by atoms with Gasteiger partial charge >= 0.3 is 0 Å². The molecule has 0 unspecified atom stereocenters. The number of piperazine rings is 1. The van der Waals surface area contributed by atoms with E-state index in [9.17, 15) is 8.78 Å². The van der Waals surface area contributed by atoms with E-state index in [0.29, 0.717) is 11.0 Å². The number of hydrogen-bond acceptors (Lipinski definition) is 2. The number of nitrogens with zero attached hydrogens (tertiary/aromatic N) is 2. The van der Waals surface area contributed by atoms with Crippen LogP contribution in [0.15, 0.2) is 16.6 Å². The lowest BCUT2D eigenvalue weighted by Crippen LogP contribution is -2.53. The smallest absolute Gasteiger partial charge is 0.144 e. The van der Waals surface area contributed by atoms with Crippen molar-refractivity contribution in [3.05, 3.63) is 33.8 Å². The highest BCUT2D eigenvalue weighted by atomic mass is 79.9. The molecular formula is C15H21BrF2N2. The molecule has 0 aromatic heterocycles. The zero-order valence-corrected chi connectivity index (χ0v) is 13.8. The predicted octanol–water partition coefficient (Wildman–Crippen LogP) is 3.64. The van der Waals surface area contributed by atoms with Crippen molar-refractivity contribution < 1.29 is 8.78 Å². The molecule has 0 aliphatic carbocycles. The highest BCUT2D eigenvalue weighted by Gasteiger charge is 2.26. The Bertz CT molecular complexity index is 477. The van der Waals surface area contributed by atoms with Crippen molar-refractivity contribution in [1.82, 2.24) is 9.80 Å². The van der Waals surface area contributed by atoms with Crippen LogP contribution in [0, 0.1) is 11.6 Å². The topological polar surface area (TPSA) is 6.48 Å². The monoisotopic (exact) mass is 346 g/mol. The van der Waals surface area contributed by atoms with E-state index >= 15 is 0 Å². The summed E-state index contributed by atoms with van der Waals surface area (Å²) in [5.74, 6) is -0.952. The van der Waals surface area contributed by atoms with E-state index in [-0.39, 0.29) is 11.1 Å². The van der Waals surface area contributed by atoms with Crippen LogP contribution in [0.2, 0.25) is 0 Å². The molecule has 1 fully saturated rings. The molecule has 0 amide bonds. The summed E-state index contributed by atoms with van der Waals surface area (Å²) in [6.07, 6.45) is 0. The Morgan fingerprint density at radius 3 is 2.25 bits per heavy atom. The minimum absolute atomic E-state index is 0.151. The Balaban J connectivity index is 2.02. The molecule has 0 radical (unpaired) electrons. The summed E-state index contributed by atoms with van der Waals surface area (Å²) < 4.78 is 28.0. The SMILES string of the molecule is CC(C)(C)N1CCN(Cc2c(F)ccc(Br)c2F)CC1. The Kier molecular flexibility index (Phi) is 4.82. The maximum Gasteiger partial charge on any atom is 0.144 e. The van der Waals surface area contributed by atoms with Gasteiger partial charge in [0.1, 0.15) is 11.6 Å². The molecule has 20 heavy (non-hydrogen) atoms. The first-order valence-corrected chi connectivity index (χ1v) is 7.68. The molecular weight excluding hydrogens is 326 g/mol. The number of rotatable bonds is 2. The summed E-state index contributed by atoms with van der Waals surface area (Å²) in [5.41, 5.74) is 0.307. The van der Waals surface area contributed by atoms with Gasteiger partial charge in [0.25, 0.3) is 0 Å². The van der Waals surface area contributed by atoms with Crippen LogP contribution in [0.5, 0.6) is 0 Å². The molecule has 1 aromatic rings. The standard InChI is InChI=1S/C15H21BrF2N2/c1-15(2,3)20-8-6-19(7-9-20)10-11-13(17)5-4-12(16)14(11)18/h4-5H,6-10H2,1-3H3. The first kappa shape index (κ1) is 15.9. The van der Waals surface area contributed by atoms with Crippen molar-refractivity contribution in [2.24, 2.45) is 0 Å². The van der Waals surface area contributed by atoms with Crippen molar-refractivity contribution in [2.75, 3.05) is 26.2 Å². The summed E-state index contributed by atoms with van der Waals surface area (Å²) in [6, 6.07) is 2.72. The second kappa shape index (κ2) is 6.08. The van der Waals surface area contributed by atoms with E-state index in [0.717, 1.165) is 26.2 Å². The molecule has 0 N–H and O–H groups in total. The number of halogens is 3. The summed E-state index contributed by atoms with van der Waals surface area (Å²) in [6.45, 7) is 10.4. The van der Waals surface area contributed by atoms with Crippen LogP contribution in [-0.2, 0) is 6.54 Å². The van der Waals surface area contributed by atoms with E-state index in [1.54, 1.807) is 0 Å². The molecule has 1 aliphatic heterocycles. The number of hydrogen-bond donors (Lipinski definition) is 0. The lowest BCUT2D eigenvalue weighted by molar-refractivity contribution is 0.0581. The van der Waals surface area contributed by atoms with E-state index in [2.05, 4.69) is 46.5 Å². The average Bonchev–Trinajstić information content (AvgIpc) is 2.39. The molecule has 1 aliphatic rings. The van der Waals surface area contributed by atoms with Gasteiger partial charge in [-0.05, 0) is 48.8 Å². The molecule has 1 heterocycles. The van der Waals surface area contributed by atoms with Gasteiger partial charge in [-0.2, -0.15) is 0 Å². The molecule has 0 saturated carbocycles. The van der Waals surface area contributed by atoms with Crippen molar-refractivity contribution in [1.29, 1.82) is 0 Å². The second-order valence-corrected chi connectivity index (χ2v) is 7.11. The van der Waals surface area contributed by atoms with Crippen LogP contribution in [0.1, 0.15) is 26.3 Å². The fourth-order valence-corrected chi connectivity index (χ4v) is 2.89. The van der Waals surface area contributed by atoms with Gasteiger partial charge in [-0.1, -0.05) is 0 Å². The van der Waals surface area contributed by atoms with Crippen molar-refractivity contribution >= 4 is 15.9 Å². The molecule has 1 aromatic carbocycles. The minimum atomic E-state index is -0.483. The van der Waals surface area contributed by atoms with E-state index in [4.69, 9.17) is 0 Å². The van der Waals surface area contributed by atoms with E-state index < -0.39 is 11.6 Å². The summed E-state index contributed by atoms with van der Waals surface area (Å²) in [4.78, 5) is 4.51. The Morgan fingerprint density at radius 1 is 1.10 bits per heavy atom. The zero-order chi connectivity index (χ0) is 14.9. The van der Waals surface area contributed by atoms with Crippen molar-refractivity contribution in [2.45, 2.75) is 32.9 Å². The second-order valence-electron chi connectivity index (χ2n) is 6.26. The van der Waals surface area contributed by atoms with Gasteiger partial charge in [0.05, 0.1) is 4.47 Å². The van der Waals surface area contributed by atoms with E-state index in [1.165, 1.54) is 12.1 Å². The van der Waals surface area contributed by atoms with Crippen LogP contribution >= 0.6 is 15.9 Å². The molecule has 1 saturated heterocycles. The van der Waals surface area contributed by atoms with Gasteiger partial charge in [-0.3, -0.25) is 9.80 Å². The minimum Gasteiger partial charge on any atom is -0.296 e. The fourth-order valence-electron chi connectivity index (χ4n) is 2.51. The molecule has 0 spiro atoms.